The Bertz CT molecular complexity index is 1200. The molecule has 0 radical (unpaired) electrons. The molecule has 33 heavy (non-hydrogen) atoms. The van der Waals surface area contributed by atoms with Crippen LogP contribution in [0.5, 0.6) is 5.75 Å². The molecule has 0 fully saturated rings. The first kappa shape index (κ1) is 22.0. The van der Waals surface area contributed by atoms with Gasteiger partial charge in [0.1, 0.15) is 0 Å². The summed E-state index contributed by atoms with van der Waals surface area (Å²) in [6.07, 6.45) is 4.53. The summed E-state index contributed by atoms with van der Waals surface area (Å²) in [5, 5.41) is 9.88. The molecule has 2 bridgehead atoms. The average Bonchev–Trinajstić information content (AvgIpc) is 3.18. The van der Waals surface area contributed by atoms with Gasteiger partial charge in [-0.05, 0) is 0 Å². The number of carbonyl (C=O) groups is 1. The van der Waals surface area contributed by atoms with Crippen molar-refractivity contribution in [2.45, 2.75) is 10.3 Å². The molecule has 4 N–H and O–H groups in total. The number of H-pyrrole nitrogens is 1. The van der Waals surface area contributed by atoms with E-state index in [4.69, 9.17) is 4.74 Å². The number of alkyl halides is 1. The predicted molar refractivity (Wildman–Crippen MR) is 121 cm³/mol. The second-order valence-electron chi connectivity index (χ2n) is 7.91. The zero-order valence-electron chi connectivity index (χ0n) is 18.3. The van der Waals surface area contributed by atoms with Crippen molar-refractivity contribution in [1.29, 1.82) is 0 Å². The van der Waals surface area contributed by atoms with Crippen molar-refractivity contribution in [3.8, 4) is 17.0 Å². The Morgan fingerprint density at radius 1 is 1.30 bits per heavy atom. The van der Waals surface area contributed by atoms with Crippen LogP contribution in [0.2, 0.25) is 0 Å². The van der Waals surface area contributed by atoms with Gasteiger partial charge in [-0.15, -0.1) is 0 Å². The normalized spacial score (nSPS) is 18.5. The van der Waals surface area contributed by atoms with Gasteiger partial charge in [-0.1, -0.05) is 0 Å². The monoisotopic (exact) mass is 563 g/mol. The van der Waals surface area contributed by atoms with Crippen molar-refractivity contribution in [2.75, 3.05) is 44.4 Å². The minimum atomic E-state index is -0.472. The molecule has 0 saturated heterocycles. The third kappa shape index (κ3) is 4.12. The summed E-state index contributed by atoms with van der Waals surface area (Å²) in [7, 11) is 3.58. The Balaban J connectivity index is 1.73. The summed E-state index contributed by atoms with van der Waals surface area (Å²) in [4.78, 5) is 21.0. The third-order valence-electron chi connectivity index (χ3n) is 5.78. The maximum absolute atomic E-state index is 14.4. The van der Waals surface area contributed by atoms with E-state index in [0.717, 1.165) is 42.1 Å². The van der Waals surface area contributed by atoms with Gasteiger partial charge in [0, 0.05) is 0 Å². The molecule has 1 aromatic carbocycles. The van der Waals surface area contributed by atoms with Crippen LogP contribution in [0.4, 0.5) is 21.5 Å². The van der Waals surface area contributed by atoms with Gasteiger partial charge in [-0.25, -0.2) is 0 Å². The first-order valence-electron chi connectivity index (χ1n) is 10.7. The summed E-state index contributed by atoms with van der Waals surface area (Å²) in [6.45, 7) is 2.40. The molecule has 0 aliphatic carbocycles. The van der Waals surface area contributed by atoms with Crippen LogP contribution in [0.15, 0.2) is 36.7 Å². The Morgan fingerprint density at radius 2 is 2.18 bits per heavy atom. The summed E-state index contributed by atoms with van der Waals surface area (Å²) < 4.78 is 22.3. The number of carbonyl (C=O) groups excluding carboxylic acids is 1. The molecule has 3 aromatic rings. The van der Waals surface area contributed by atoms with Crippen molar-refractivity contribution >= 4 is 23.0 Å². The van der Waals surface area contributed by atoms with Gasteiger partial charge < -0.3 is 0 Å². The number of para-hydroxylation sites is 1. The van der Waals surface area contributed by atoms with E-state index in [9.17, 15) is 9.18 Å². The van der Waals surface area contributed by atoms with E-state index >= 15 is 0 Å². The van der Waals surface area contributed by atoms with E-state index in [1.165, 1.54) is 13.2 Å². The SMILES string of the molecule is COc1c(F)cccc1Nc1c2[nH]c3c1C(=O)NC[C@@H]3[I-]N(C)CCCNc1cnccc1-2. The molecule has 5 rings (SSSR count). The number of aromatic amines is 1. The molecule has 2 aromatic heterocycles. The summed E-state index contributed by atoms with van der Waals surface area (Å²) in [5.41, 5.74) is 5.10. The number of hydrogen-bond donors (Lipinski definition) is 4. The van der Waals surface area contributed by atoms with E-state index < -0.39 is 5.82 Å². The molecule has 0 saturated carbocycles. The molecule has 2 aliphatic rings. The summed E-state index contributed by atoms with van der Waals surface area (Å²) in [6, 6.07) is 6.63. The number of anilines is 3. The molecular weight excluding hydrogens is 538 g/mol. The van der Waals surface area contributed by atoms with Crippen molar-refractivity contribution < 1.29 is 35.4 Å². The second kappa shape index (κ2) is 9.18. The fraction of sp³-hybridized carbons (Fsp3) is 0.304. The first-order valence-corrected chi connectivity index (χ1v) is 12.9. The quantitative estimate of drug-likeness (QED) is 0.211. The van der Waals surface area contributed by atoms with Gasteiger partial charge >= 0.3 is 202 Å². The standard InChI is InChI=1S/C23H25FIN6O2/c1-31-10-4-8-27-17-12-26-9-7-13(17)19-21(29-16-6-3-5-14(24)22(16)33-2)18-20(30-19)15(25-31)11-28-23(18)32/h3,5-7,9,12,15,27,29-30H,4,8,10-11H2,1-2H3,(H,28,32)/q-1/t15-/m0/s1. The molecule has 0 spiro atoms. The Labute approximate surface area is 201 Å². The number of hydrogen-bond acceptors (Lipinski definition) is 6. The number of methoxy groups -OCH3 is 1. The third-order valence-corrected chi connectivity index (χ3v) is 8.94. The van der Waals surface area contributed by atoms with Crippen LogP contribution in [0.25, 0.3) is 11.3 Å². The maximum atomic E-state index is 14.4. The van der Waals surface area contributed by atoms with Crippen molar-refractivity contribution in [3.05, 3.63) is 53.7 Å². The predicted octanol–water partition coefficient (Wildman–Crippen LogP) is 0.504. The molecule has 8 nitrogen and oxygen atoms in total. The molecule has 1 amide bonds. The average molecular weight is 563 g/mol. The second-order valence-corrected chi connectivity index (χ2v) is 11.6. The van der Waals surface area contributed by atoms with Crippen LogP contribution in [0, 0.1) is 5.82 Å². The number of benzene rings is 1. The van der Waals surface area contributed by atoms with Crippen molar-refractivity contribution in [1.82, 2.24) is 18.4 Å². The number of aromatic nitrogens is 2. The number of fused-ring (bicyclic) bond motifs is 3. The first-order chi connectivity index (χ1) is 16.1. The minimum absolute atomic E-state index is 0.101. The zero-order valence-corrected chi connectivity index (χ0v) is 20.5. The number of ether oxygens (including phenoxy) is 1. The Hall–Kier alpha value is -2.86. The van der Waals surface area contributed by atoms with Crippen LogP contribution in [-0.4, -0.2) is 52.8 Å². The summed E-state index contributed by atoms with van der Waals surface area (Å²) >= 11 is -0.369. The van der Waals surface area contributed by atoms with E-state index in [-0.39, 0.29) is 37.1 Å². The fourth-order valence-electron chi connectivity index (χ4n) is 4.25. The van der Waals surface area contributed by atoms with Gasteiger partial charge in [-0.3, -0.25) is 0 Å². The topological polar surface area (TPSA) is 94.3 Å². The van der Waals surface area contributed by atoms with E-state index in [2.05, 4.69) is 36.1 Å². The Kier molecular flexibility index (Phi) is 6.11. The molecular formula is C23H25FIN6O2-. The number of pyridine rings is 1. The number of halogens is 2. The summed E-state index contributed by atoms with van der Waals surface area (Å²) in [5.74, 6) is -0.517. The van der Waals surface area contributed by atoms with Gasteiger partial charge in [0.05, 0.1) is 0 Å². The van der Waals surface area contributed by atoms with E-state index in [0.29, 0.717) is 23.5 Å². The van der Waals surface area contributed by atoms with Gasteiger partial charge in [0.2, 0.25) is 0 Å². The van der Waals surface area contributed by atoms with Crippen molar-refractivity contribution in [2.24, 2.45) is 0 Å². The van der Waals surface area contributed by atoms with Crippen LogP contribution < -0.4 is 42.2 Å². The molecule has 0 unspecified atom stereocenters. The zero-order chi connectivity index (χ0) is 22.9. The van der Waals surface area contributed by atoms with E-state index in [1.807, 2.05) is 6.07 Å². The molecule has 1 atom stereocenters. The van der Waals surface area contributed by atoms with Crippen molar-refractivity contribution in [3.63, 3.8) is 0 Å². The molecule has 174 valence electrons. The Morgan fingerprint density at radius 3 is 3.03 bits per heavy atom. The number of nitrogens with zero attached hydrogens (tertiary/aromatic N) is 2. The van der Waals surface area contributed by atoms with Crippen LogP contribution in [-0.2, 0) is 0 Å². The van der Waals surface area contributed by atoms with Gasteiger partial charge in [-0.2, -0.15) is 0 Å². The van der Waals surface area contributed by atoms with Crippen LogP contribution >= 0.6 is 0 Å². The number of nitrogens with one attached hydrogen (secondary N) is 4. The van der Waals surface area contributed by atoms with Crippen LogP contribution in [0.3, 0.4) is 0 Å². The van der Waals surface area contributed by atoms with Crippen LogP contribution in [0.1, 0.15) is 26.4 Å². The molecule has 2 aliphatic heterocycles. The molecule has 10 heteroatoms. The number of amides is 1. The fourth-order valence-corrected chi connectivity index (χ4v) is 7.18. The molecule has 4 heterocycles. The van der Waals surface area contributed by atoms with E-state index in [1.54, 1.807) is 24.5 Å². The van der Waals surface area contributed by atoms with Gasteiger partial charge in [0.15, 0.2) is 0 Å². The van der Waals surface area contributed by atoms with Gasteiger partial charge in [0.25, 0.3) is 0 Å². The number of rotatable bonds is 3.